The maximum atomic E-state index is 12.3. The minimum Gasteiger partial charge on any atom is -0.497 e. The number of nitrogens with zero attached hydrogens (tertiary/aromatic N) is 2. The number of fused-ring (bicyclic) bond motifs is 1. The van der Waals surface area contributed by atoms with Gasteiger partial charge in [-0.3, -0.25) is 4.79 Å². The Morgan fingerprint density at radius 2 is 1.85 bits per heavy atom. The largest absolute Gasteiger partial charge is 0.497 e. The van der Waals surface area contributed by atoms with Crippen molar-refractivity contribution in [2.75, 3.05) is 27.3 Å². The van der Waals surface area contributed by atoms with Crippen molar-refractivity contribution in [1.82, 2.24) is 9.88 Å². The molecular weight excluding hydrogens is 360 g/mol. The van der Waals surface area contributed by atoms with E-state index in [2.05, 4.69) is 11.1 Å². The second-order valence-corrected chi connectivity index (χ2v) is 7.38. The van der Waals surface area contributed by atoms with Crippen molar-refractivity contribution < 1.29 is 14.3 Å². The monoisotopic (exact) mass is 384 g/mol. The van der Waals surface area contributed by atoms with E-state index in [1.54, 1.807) is 23.3 Å². The zero-order valence-electron chi connectivity index (χ0n) is 15.7. The molecule has 0 aliphatic carbocycles. The molecule has 6 heteroatoms. The number of carbonyl (C=O) groups is 1. The van der Waals surface area contributed by atoms with Gasteiger partial charge in [-0.05, 0) is 49.2 Å². The number of methoxy groups -OCH3 is 1. The van der Waals surface area contributed by atoms with Crippen LogP contribution < -0.4 is 9.47 Å². The summed E-state index contributed by atoms with van der Waals surface area (Å²) >= 11 is 1.71. The van der Waals surface area contributed by atoms with E-state index in [1.165, 1.54) is 4.70 Å². The van der Waals surface area contributed by atoms with Crippen LogP contribution in [0.2, 0.25) is 0 Å². The third-order valence-corrected chi connectivity index (χ3v) is 5.40. The Morgan fingerprint density at radius 1 is 1.11 bits per heavy atom. The number of hydrogen-bond acceptors (Lipinski definition) is 5. The van der Waals surface area contributed by atoms with Crippen molar-refractivity contribution in [1.29, 1.82) is 0 Å². The zero-order valence-corrected chi connectivity index (χ0v) is 16.5. The minimum absolute atomic E-state index is 0.134. The van der Waals surface area contributed by atoms with Crippen LogP contribution in [0, 0.1) is 0 Å². The van der Waals surface area contributed by atoms with Crippen LogP contribution in [0.15, 0.2) is 48.5 Å². The highest BCUT2D eigenvalue weighted by Crippen LogP contribution is 2.22. The second kappa shape index (κ2) is 9.37. The van der Waals surface area contributed by atoms with Crippen molar-refractivity contribution in [2.24, 2.45) is 0 Å². The lowest BCUT2D eigenvalue weighted by molar-refractivity contribution is -0.130. The number of benzene rings is 2. The van der Waals surface area contributed by atoms with Gasteiger partial charge in [-0.1, -0.05) is 12.1 Å². The highest BCUT2D eigenvalue weighted by molar-refractivity contribution is 7.18. The first-order chi connectivity index (χ1) is 13.2. The zero-order chi connectivity index (χ0) is 19.1. The lowest BCUT2D eigenvalue weighted by Crippen LogP contribution is -2.30. The van der Waals surface area contributed by atoms with Gasteiger partial charge in [-0.25, -0.2) is 4.98 Å². The van der Waals surface area contributed by atoms with E-state index in [0.717, 1.165) is 34.9 Å². The second-order valence-electron chi connectivity index (χ2n) is 6.27. The number of likely N-dealkylation sites (N-methyl/N-ethyl adjacent to an activating group) is 1. The Bertz CT molecular complexity index is 844. The quantitative estimate of drug-likeness (QED) is 0.556. The van der Waals surface area contributed by atoms with Crippen molar-refractivity contribution >= 4 is 27.5 Å². The smallest absolute Gasteiger partial charge is 0.222 e. The van der Waals surface area contributed by atoms with Crippen LogP contribution in [0.5, 0.6) is 11.5 Å². The average Bonchev–Trinajstić information content (AvgIpc) is 3.11. The molecular formula is C21H24N2O3S. The van der Waals surface area contributed by atoms with E-state index in [0.29, 0.717) is 19.6 Å². The number of rotatable bonds is 9. The van der Waals surface area contributed by atoms with Crippen LogP contribution in [-0.2, 0) is 11.2 Å². The number of ether oxygens (including phenoxy) is 2. The Hall–Kier alpha value is -2.60. The van der Waals surface area contributed by atoms with Gasteiger partial charge in [0.1, 0.15) is 18.1 Å². The standard InChI is InChI=1S/C21H24N2O3S/c1-23(14-15-26-17-12-10-16(25-2)11-13-17)21(24)9-5-8-20-22-18-6-3-4-7-19(18)27-20/h3-4,6-7,10-13H,5,8-9,14-15H2,1-2H3. The molecule has 0 spiro atoms. The van der Waals surface area contributed by atoms with Gasteiger partial charge in [-0.2, -0.15) is 0 Å². The molecule has 5 nitrogen and oxygen atoms in total. The van der Waals surface area contributed by atoms with Gasteiger partial charge in [0, 0.05) is 13.5 Å². The number of amides is 1. The summed E-state index contributed by atoms with van der Waals surface area (Å²) in [7, 11) is 3.45. The van der Waals surface area contributed by atoms with E-state index < -0.39 is 0 Å². The van der Waals surface area contributed by atoms with Gasteiger partial charge >= 0.3 is 0 Å². The van der Waals surface area contributed by atoms with E-state index in [9.17, 15) is 4.79 Å². The van der Waals surface area contributed by atoms with Gasteiger partial charge in [-0.15, -0.1) is 11.3 Å². The first-order valence-corrected chi connectivity index (χ1v) is 9.82. The van der Waals surface area contributed by atoms with E-state index >= 15 is 0 Å². The third-order valence-electron chi connectivity index (χ3n) is 4.30. The van der Waals surface area contributed by atoms with Crippen molar-refractivity contribution in [3.8, 4) is 11.5 Å². The van der Waals surface area contributed by atoms with Gasteiger partial charge in [0.05, 0.1) is 28.9 Å². The Morgan fingerprint density at radius 3 is 2.59 bits per heavy atom. The Labute approximate surface area is 163 Å². The molecule has 1 amide bonds. The lowest BCUT2D eigenvalue weighted by Gasteiger charge is -2.17. The number of aromatic nitrogens is 1. The molecule has 3 aromatic rings. The van der Waals surface area contributed by atoms with Crippen molar-refractivity contribution in [3.05, 3.63) is 53.5 Å². The first kappa shape index (κ1) is 19.2. The Balaban J connectivity index is 1.37. The number of thiazole rings is 1. The molecule has 3 rings (SSSR count). The molecule has 0 atom stereocenters. The van der Waals surface area contributed by atoms with Crippen LogP contribution in [0.3, 0.4) is 0 Å². The highest BCUT2D eigenvalue weighted by atomic mass is 32.1. The van der Waals surface area contributed by atoms with Gasteiger partial charge < -0.3 is 14.4 Å². The first-order valence-electron chi connectivity index (χ1n) is 9.01. The fourth-order valence-electron chi connectivity index (χ4n) is 2.71. The SMILES string of the molecule is COc1ccc(OCCN(C)C(=O)CCCc2nc3ccccc3s2)cc1. The van der Waals surface area contributed by atoms with Gasteiger partial charge in [0.2, 0.25) is 5.91 Å². The molecule has 0 bridgehead atoms. The van der Waals surface area contributed by atoms with Crippen LogP contribution in [0.25, 0.3) is 10.2 Å². The molecule has 142 valence electrons. The van der Waals surface area contributed by atoms with E-state index in [1.807, 2.05) is 49.5 Å². The predicted molar refractivity (Wildman–Crippen MR) is 109 cm³/mol. The average molecular weight is 385 g/mol. The highest BCUT2D eigenvalue weighted by Gasteiger charge is 2.10. The van der Waals surface area contributed by atoms with Gasteiger partial charge in [0.15, 0.2) is 0 Å². The normalized spacial score (nSPS) is 10.7. The maximum Gasteiger partial charge on any atom is 0.222 e. The number of carbonyl (C=O) groups excluding carboxylic acids is 1. The molecule has 0 N–H and O–H groups in total. The van der Waals surface area contributed by atoms with E-state index in [-0.39, 0.29) is 5.91 Å². The summed E-state index contributed by atoms with van der Waals surface area (Å²) in [6, 6.07) is 15.6. The number of hydrogen-bond donors (Lipinski definition) is 0. The van der Waals surface area contributed by atoms with Crippen LogP contribution >= 0.6 is 11.3 Å². The molecule has 0 aliphatic heterocycles. The fraction of sp³-hybridized carbons (Fsp3) is 0.333. The van der Waals surface area contributed by atoms with Crippen LogP contribution in [0.1, 0.15) is 17.8 Å². The molecule has 27 heavy (non-hydrogen) atoms. The molecule has 0 aliphatic rings. The summed E-state index contributed by atoms with van der Waals surface area (Å²) in [5.74, 6) is 1.70. The lowest BCUT2D eigenvalue weighted by atomic mass is 10.2. The van der Waals surface area contributed by atoms with E-state index in [4.69, 9.17) is 9.47 Å². The van der Waals surface area contributed by atoms with Crippen LogP contribution in [-0.4, -0.2) is 43.1 Å². The molecule has 0 unspecified atom stereocenters. The number of aryl methyl sites for hydroxylation is 1. The summed E-state index contributed by atoms with van der Waals surface area (Å²) in [5.41, 5.74) is 1.04. The van der Waals surface area contributed by atoms with Crippen LogP contribution in [0.4, 0.5) is 0 Å². The summed E-state index contributed by atoms with van der Waals surface area (Å²) < 4.78 is 12.0. The molecule has 0 saturated heterocycles. The molecule has 0 fully saturated rings. The summed E-state index contributed by atoms with van der Waals surface area (Å²) in [4.78, 5) is 18.6. The van der Waals surface area contributed by atoms with Crippen molar-refractivity contribution in [2.45, 2.75) is 19.3 Å². The molecule has 0 radical (unpaired) electrons. The predicted octanol–water partition coefficient (Wildman–Crippen LogP) is 4.17. The van der Waals surface area contributed by atoms with Gasteiger partial charge in [0.25, 0.3) is 0 Å². The van der Waals surface area contributed by atoms with Crippen molar-refractivity contribution in [3.63, 3.8) is 0 Å². The molecule has 2 aromatic carbocycles. The number of para-hydroxylation sites is 1. The maximum absolute atomic E-state index is 12.3. The molecule has 0 saturated carbocycles. The molecule has 1 aromatic heterocycles. The Kier molecular flexibility index (Phi) is 6.65. The molecule has 1 heterocycles. The fourth-order valence-corrected chi connectivity index (χ4v) is 3.71. The minimum atomic E-state index is 0.134. The third kappa shape index (κ3) is 5.44. The summed E-state index contributed by atoms with van der Waals surface area (Å²) in [6.07, 6.45) is 2.17. The summed E-state index contributed by atoms with van der Waals surface area (Å²) in [6.45, 7) is 1.03. The summed E-state index contributed by atoms with van der Waals surface area (Å²) in [5, 5.41) is 1.09. The topological polar surface area (TPSA) is 51.7 Å².